The molecule has 3 rings (SSSR count). The van der Waals surface area contributed by atoms with E-state index in [1.54, 1.807) is 13.0 Å². The molecule has 5 nitrogen and oxygen atoms in total. The third-order valence-electron chi connectivity index (χ3n) is 4.19. The van der Waals surface area contributed by atoms with E-state index in [-0.39, 0.29) is 5.83 Å². The zero-order valence-electron chi connectivity index (χ0n) is 18.0. The highest BCUT2D eigenvalue weighted by Gasteiger charge is 2.26. The fourth-order valence-corrected chi connectivity index (χ4v) is 2.83. The van der Waals surface area contributed by atoms with E-state index >= 15 is 0 Å². The topological polar surface area (TPSA) is 58.0 Å². The van der Waals surface area contributed by atoms with Gasteiger partial charge in [0.25, 0.3) is 0 Å². The number of aromatic nitrogens is 3. The molecule has 158 valence electrons. The zero-order valence-corrected chi connectivity index (χ0v) is 18.0. The van der Waals surface area contributed by atoms with Crippen LogP contribution in [0.15, 0.2) is 71.8 Å². The molecule has 1 atom stereocenters. The molecular formula is C23H33FN4O. The van der Waals surface area contributed by atoms with Gasteiger partial charge in [0.1, 0.15) is 5.83 Å². The summed E-state index contributed by atoms with van der Waals surface area (Å²) in [5.41, 5.74) is 2.00. The summed E-state index contributed by atoms with van der Waals surface area (Å²) in [5.74, 6) is 1.41. The molecule has 3 heterocycles. The molecular weight excluding hydrogens is 367 g/mol. The molecule has 0 amide bonds. The summed E-state index contributed by atoms with van der Waals surface area (Å²) in [6.45, 7) is 17.1. The van der Waals surface area contributed by atoms with E-state index in [4.69, 9.17) is 4.52 Å². The minimum absolute atomic E-state index is 0.262. The summed E-state index contributed by atoms with van der Waals surface area (Å²) >= 11 is 0. The maximum absolute atomic E-state index is 12.1. The molecule has 0 aliphatic carbocycles. The highest BCUT2D eigenvalue weighted by atomic mass is 19.1. The van der Waals surface area contributed by atoms with Crippen molar-refractivity contribution in [3.8, 4) is 11.5 Å². The van der Waals surface area contributed by atoms with Crippen LogP contribution in [0, 0.1) is 0 Å². The first-order valence-corrected chi connectivity index (χ1v) is 10.0. The lowest BCUT2D eigenvalue weighted by molar-refractivity contribution is 0.227. The predicted molar refractivity (Wildman–Crippen MR) is 118 cm³/mol. The molecule has 0 aromatic carbocycles. The number of likely N-dealkylation sites (tertiary alicyclic amines) is 1. The number of hydrogen-bond acceptors (Lipinski definition) is 4. The molecule has 29 heavy (non-hydrogen) atoms. The van der Waals surface area contributed by atoms with Gasteiger partial charge in [-0.25, -0.2) is 4.39 Å². The first-order chi connectivity index (χ1) is 14.0. The summed E-state index contributed by atoms with van der Waals surface area (Å²) in [7, 11) is 0. The second kappa shape index (κ2) is 13.3. The molecule has 1 aliphatic rings. The Balaban J connectivity index is 0.000000358. The molecule has 0 spiro atoms. The van der Waals surface area contributed by atoms with Gasteiger partial charge < -0.3 is 14.4 Å². The third kappa shape index (κ3) is 7.94. The van der Waals surface area contributed by atoms with Gasteiger partial charge in [0.15, 0.2) is 0 Å². The summed E-state index contributed by atoms with van der Waals surface area (Å²) in [4.78, 5) is 9.88. The van der Waals surface area contributed by atoms with Crippen molar-refractivity contribution in [1.82, 2.24) is 20.0 Å². The van der Waals surface area contributed by atoms with Gasteiger partial charge in [0.2, 0.25) is 11.7 Å². The van der Waals surface area contributed by atoms with Crippen LogP contribution in [0.2, 0.25) is 0 Å². The normalized spacial score (nSPS) is 16.5. The number of halogens is 1. The molecule has 1 fully saturated rings. The summed E-state index contributed by atoms with van der Waals surface area (Å²) < 4.78 is 17.5. The number of hydrogen-bond donors (Lipinski definition) is 1. The van der Waals surface area contributed by atoms with Crippen molar-refractivity contribution in [2.45, 2.75) is 46.5 Å². The Morgan fingerprint density at radius 3 is 2.76 bits per heavy atom. The molecule has 1 saturated heterocycles. The van der Waals surface area contributed by atoms with Crippen molar-refractivity contribution >= 4 is 0 Å². The average Bonchev–Trinajstić information content (AvgIpc) is 3.42. The molecule has 0 bridgehead atoms. The summed E-state index contributed by atoms with van der Waals surface area (Å²) in [6, 6.07) is 3.87. The van der Waals surface area contributed by atoms with Crippen LogP contribution in [-0.2, 0) is 0 Å². The minimum atomic E-state index is -0.262. The number of nitrogens with one attached hydrogen (secondary N) is 1. The number of rotatable bonds is 5. The standard InChI is InChI=1S/C14H18N4O.C7H9F.C2H6/c1-10(2)18-8-4-5-11(9-18)14-16-13(17-19-14)12-6-3-7-15-12;1-3-5-7(8)6-4-2;1-2/h3,6-7,11,15H,1,4-5,8-9H2,2H3;3-6H,1H2,2H3;1-2H3/b;6-4-,7-5+;. The SMILES string of the molecule is C=C(C)N1CCCC(c2nc(-c3ccc[nH]3)no2)C1.C=C/C=C(F)\C=C/C.CC. The number of allylic oxidation sites excluding steroid dienone is 6. The van der Waals surface area contributed by atoms with Crippen LogP contribution in [0.5, 0.6) is 0 Å². The zero-order chi connectivity index (χ0) is 21.6. The quantitative estimate of drug-likeness (QED) is 0.590. The lowest BCUT2D eigenvalue weighted by Gasteiger charge is -2.32. The molecule has 1 N–H and O–H groups in total. The van der Waals surface area contributed by atoms with Crippen LogP contribution in [0.25, 0.3) is 11.5 Å². The van der Waals surface area contributed by atoms with Crippen molar-refractivity contribution in [1.29, 1.82) is 0 Å². The fraction of sp³-hybridized carbons (Fsp3) is 0.391. The van der Waals surface area contributed by atoms with Gasteiger partial charge in [0, 0.05) is 25.0 Å². The van der Waals surface area contributed by atoms with Crippen LogP contribution in [0.3, 0.4) is 0 Å². The second-order valence-electron chi connectivity index (χ2n) is 6.35. The van der Waals surface area contributed by atoms with Gasteiger partial charge in [-0.05, 0) is 51.0 Å². The van der Waals surface area contributed by atoms with Crippen molar-refractivity contribution in [3.63, 3.8) is 0 Å². The summed E-state index contributed by atoms with van der Waals surface area (Å²) in [5, 5.41) is 4.05. The van der Waals surface area contributed by atoms with Gasteiger partial charge in [-0.15, -0.1) is 0 Å². The van der Waals surface area contributed by atoms with E-state index in [0.29, 0.717) is 11.7 Å². The van der Waals surface area contributed by atoms with E-state index in [1.807, 2.05) is 39.1 Å². The molecule has 1 aliphatic heterocycles. The largest absolute Gasteiger partial charge is 0.375 e. The van der Waals surface area contributed by atoms with Gasteiger partial charge >= 0.3 is 0 Å². The Labute approximate surface area is 173 Å². The minimum Gasteiger partial charge on any atom is -0.375 e. The van der Waals surface area contributed by atoms with Crippen LogP contribution >= 0.6 is 0 Å². The van der Waals surface area contributed by atoms with Crippen molar-refractivity contribution < 1.29 is 8.91 Å². The predicted octanol–water partition coefficient (Wildman–Crippen LogP) is 6.41. The molecule has 2 aromatic heterocycles. The first kappa shape index (κ1) is 24.1. The van der Waals surface area contributed by atoms with Gasteiger partial charge in [0.05, 0.1) is 11.6 Å². The highest BCUT2D eigenvalue weighted by Crippen LogP contribution is 2.28. The van der Waals surface area contributed by atoms with Gasteiger partial charge in [-0.3, -0.25) is 0 Å². The first-order valence-electron chi connectivity index (χ1n) is 10.0. The Bertz CT molecular complexity index is 790. The van der Waals surface area contributed by atoms with Gasteiger partial charge in [-0.1, -0.05) is 44.3 Å². The Hall–Kier alpha value is -2.89. The van der Waals surface area contributed by atoms with Crippen LogP contribution < -0.4 is 0 Å². The maximum Gasteiger partial charge on any atom is 0.231 e. The van der Waals surface area contributed by atoms with Crippen LogP contribution in [0.1, 0.15) is 52.3 Å². The van der Waals surface area contributed by atoms with Crippen molar-refractivity contribution in [3.05, 3.63) is 73.2 Å². The molecule has 0 radical (unpaired) electrons. The Morgan fingerprint density at radius 2 is 2.17 bits per heavy atom. The lowest BCUT2D eigenvalue weighted by Crippen LogP contribution is -2.32. The third-order valence-corrected chi connectivity index (χ3v) is 4.19. The fourth-order valence-electron chi connectivity index (χ4n) is 2.83. The number of H-pyrrole nitrogens is 1. The Kier molecular flexibility index (Phi) is 11.1. The van der Waals surface area contributed by atoms with Gasteiger partial charge in [-0.2, -0.15) is 4.98 Å². The molecule has 2 aromatic rings. The number of nitrogens with zero attached hydrogens (tertiary/aromatic N) is 3. The van der Waals surface area contributed by atoms with E-state index in [2.05, 4.69) is 33.2 Å². The lowest BCUT2D eigenvalue weighted by atomic mass is 9.98. The molecule has 0 saturated carbocycles. The van der Waals surface area contributed by atoms with E-state index < -0.39 is 0 Å². The maximum atomic E-state index is 12.1. The summed E-state index contributed by atoms with van der Waals surface area (Å²) in [6.07, 6.45) is 9.81. The monoisotopic (exact) mass is 400 g/mol. The van der Waals surface area contributed by atoms with Crippen LogP contribution in [-0.4, -0.2) is 33.1 Å². The average molecular weight is 401 g/mol. The van der Waals surface area contributed by atoms with E-state index in [0.717, 1.165) is 43.2 Å². The number of aromatic amines is 1. The number of piperidine rings is 1. The van der Waals surface area contributed by atoms with E-state index in [9.17, 15) is 4.39 Å². The Morgan fingerprint density at radius 1 is 1.41 bits per heavy atom. The second-order valence-corrected chi connectivity index (χ2v) is 6.35. The molecule has 1 unspecified atom stereocenters. The van der Waals surface area contributed by atoms with Crippen LogP contribution in [0.4, 0.5) is 4.39 Å². The highest BCUT2D eigenvalue weighted by molar-refractivity contribution is 5.47. The van der Waals surface area contributed by atoms with E-state index in [1.165, 1.54) is 18.2 Å². The van der Waals surface area contributed by atoms with Crippen molar-refractivity contribution in [2.75, 3.05) is 13.1 Å². The molecule has 6 heteroatoms. The van der Waals surface area contributed by atoms with Crippen molar-refractivity contribution in [2.24, 2.45) is 0 Å². The smallest absolute Gasteiger partial charge is 0.231 e.